The van der Waals surface area contributed by atoms with Gasteiger partial charge in [0, 0.05) is 30.7 Å². The summed E-state index contributed by atoms with van der Waals surface area (Å²) in [6, 6.07) is 14.5. The Bertz CT molecular complexity index is 1090. The van der Waals surface area contributed by atoms with Crippen LogP contribution in [0.1, 0.15) is 55.1 Å². The molecule has 0 spiro atoms. The van der Waals surface area contributed by atoms with E-state index in [2.05, 4.69) is 44.3 Å². The zero-order valence-corrected chi connectivity index (χ0v) is 19.2. The standard InChI is InChI=1S/C25H28N4O2S/c1-30-19-10-11-21(22(15-19)31-2)29-24(17-12-14-28(16-17)18-7-3-4-8-18)23(27-25(29)32)20-9-5-6-13-26-20/h5-6,9-16,18,23-24H,3-4,7-8H2,1-2H3,(H,27,32)/t23-,24-/m0/s1. The van der Waals surface area contributed by atoms with Gasteiger partial charge in [-0.2, -0.15) is 0 Å². The third kappa shape index (κ3) is 3.71. The van der Waals surface area contributed by atoms with Crippen molar-refractivity contribution in [3.63, 3.8) is 0 Å². The molecule has 1 aliphatic heterocycles. The molecule has 1 saturated heterocycles. The first kappa shape index (κ1) is 20.8. The molecule has 5 rings (SSSR count). The lowest BCUT2D eigenvalue weighted by molar-refractivity contribution is 0.394. The Morgan fingerprint density at radius 2 is 1.91 bits per heavy atom. The molecule has 6 nitrogen and oxygen atoms in total. The first-order valence-corrected chi connectivity index (χ1v) is 11.5. The van der Waals surface area contributed by atoms with Crippen LogP contribution in [0.15, 0.2) is 61.1 Å². The van der Waals surface area contributed by atoms with E-state index < -0.39 is 0 Å². The Morgan fingerprint density at radius 3 is 2.62 bits per heavy atom. The summed E-state index contributed by atoms with van der Waals surface area (Å²) in [5.41, 5.74) is 3.07. The van der Waals surface area contributed by atoms with Crippen LogP contribution in [0.3, 0.4) is 0 Å². The molecule has 2 fully saturated rings. The SMILES string of the molecule is COc1ccc(N2C(=S)N[C@@H](c3ccccn3)[C@@H]2c2ccn(C3CCCC3)c2)c(OC)c1. The minimum absolute atomic E-state index is 0.0534. The van der Waals surface area contributed by atoms with Crippen LogP contribution in [0.2, 0.25) is 0 Å². The number of nitrogens with one attached hydrogen (secondary N) is 1. The Balaban J connectivity index is 1.59. The van der Waals surface area contributed by atoms with Crippen LogP contribution in [-0.2, 0) is 0 Å². The second-order valence-electron chi connectivity index (χ2n) is 8.36. The van der Waals surface area contributed by atoms with Crippen molar-refractivity contribution >= 4 is 23.0 Å². The average molecular weight is 449 g/mol. The van der Waals surface area contributed by atoms with Gasteiger partial charge in [-0.15, -0.1) is 0 Å². The molecule has 2 aliphatic rings. The van der Waals surface area contributed by atoms with Crippen molar-refractivity contribution in [2.24, 2.45) is 0 Å². The van der Waals surface area contributed by atoms with Crippen LogP contribution in [0.5, 0.6) is 11.5 Å². The lowest BCUT2D eigenvalue weighted by Gasteiger charge is -2.28. The highest BCUT2D eigenvalue weighted by atomic mass is 32.1. The molecule has 0 unspecified atom stereocenters. The fourth-order valence-electron chi connectivity index (χ4n) is 4.97. The van der Waals surface area contributed by atoms with E-state index in [9.17, 15) is 0 Å². The zero-order valence-electron chi connectivity index (χ0n) is 18.4. The van der Waals surface area contributed by atoms with Crippen LogP contribution in [0.4, 0.5) is 5.69 Å². The summed E-state index contributed by atoms with van der Waals surface area (Å²) < 4.78 is 13.5. The number of thiocarbonyl (C=S) groups is 1. The molecule has 0 bridgehead atoms. The van der Waals surface area contributed by atoms with Gasteiger partial charge in [0.2, 0.25) is 0 Å². The van der Waals surface area contributed by atoms with Crippen molar-refractivity contribution < 1.29 is 9.47 Å². The maximum Gasteiger partial charge on any atom is 0.174 e. The number of hydrogen-bond donors (Lipinski definition) is 1. The highest BCUT2D eigenvalue weighted by molar-refractivity contribution is 7.80. The molecule has 2 aromatic heterocycles. The van der Waals surface area contributed by atoms with E-state index in [-0.39, 0.29) is 12.1 Å². The Morgan fingerprint density at radius 1 is 1.06 bits per heavy atom. The molecule has 166 valence electrons. The number of hydrogen-bond acceptors (Lipinski definition) is 4. The van der Waals surface area contributed by atoms with Crippen molar-refractivity contribution in [2.75, 3.05) is 19.1 Å². The van der Waals surface area contributed by atoms with E-state index in [1.54, 1.807) is 14.2 Å². The van der Waals surface area contributed by atoms with Gasteiger partial charge in [-0.1, -0.05) is 18.9 Å². The maximum atomic E-state index is 5.85. The van der Waals surface area contributed by atoms with Gasteiger partial charge in [0.1, 0.15) is 11.5 Å². The van der Waals surface area contributed by atoms with Crippen LogP contribution >= 0.6 is 12.2 Å². The molecular weight excluding hydrogens is 420 g/mol. The van der Waals surface area contributed by atoms with Crippen molar-refractivity contribution in [1.29, 1.82) is 0 Å². The van der Waals surface area contributed by atoms with Crippen LogP contribution in [-0.4, -0.2) is 28.9 Å². The van der Waals surface area contributed by atoms with Gasteiger partial charge in [-0.3, -0.25) is 4.98 Å². The molecule has 3 aromatic rings. The smallest absolute Gasteiger partial charge is 0.174 e. The zero-order chi connectivity index (χ0) is 22.1. The molecule has 2 atom stereocenters. The van der Waals surface area contributed by atoms with E-state index in [0.717, 1.165) is 22.9 Å². The van der Waals surface area contributed by atoms with Crippen LogP contribution < -0.4 is 19.7 Å². The third-order valence-electron chi connectivity index (χ3n) is 6.57. The number of benzene rings is 1. The molecule has 7 heteroatoms. The molecule has 1 aliphatic carbocycles. The van der Waals surface area contributed by atoms with Crippen molar-refractivity contribution in [1.82, 2.24) is 14.9 Å². The summed E-state index contributed by atoms with van der Waals surface area (Å²) in [5, 5.41) is 4.18. The quantitative estimate of drug-likeness (QED) is 0.524. The molecule has 32 heavy (non-hydrogen) atoms. The normalized spacial score (nSPS) is 21.1. The third-order valence-corrected chi connectivity index (χ3v) is 6.88. The van der Waals surface area contributed by atoms with Gasteiger partial charge in [-0.25, -0.2) is 0 Å². The van der Waals surface area contributed by atoms with E-state index in [4.69, 9.17) is 21.7 Å². The fourth-order valence-corrected chi connectivity index (χ4v) is 5.31. The summed E-state index contributed by atoms with van der Waals surface area (Å²) in [6.45, 7) is 0. The summed E-state index contributed by atoms with van der Waals surface area (Å²) >= 11 is 5.85. The Hall–Kier alpha value is -3.06. The maximum absolute atomic E-state index is 5.85. The molecule has 0 amide bonds. The first-order chi connectivity index (χ1) is 15.7. The topological polar surface area (TPSA) is 51.5 Å². The van der Waals surface area contributed by atoms with Gasteiger partial charge in [0.15, 0.2) is 5.11 Å². The summed E-state index contributed by atoms with van der Waals surface area (Å²) in [4.78, 5) is 6.80. The second kappa shape index (κ2) is 8.82. The van der Waals surface area contributed by atoms with Crippen molar-refractivity contribution in [3.8, 4) is 11.5 Å². The van der Waals surface area contributed by atoms with E-state index in [1.165, 1.54) is 31.2 Å². The summed E-state index contributed by atoms with van der Waals surface area (Å²) in [5.74, 6) is 1.46. The number of nitrogens with zero attached hydrogens (tertiary/aromatic N) is 3. The van der Waals surface area contributed by atoms with E-state index in [0.29, 0.717) is 11.2 Å². The monoisotopic (exact) mass is 448 g/mol. The van der Waals surface area contributed by atoms with E-state index in [1.807, 2.05) is 36.5 Å². The number of pyridine rings is 1. The number of rotatable bonds is 6. The van der Waals surface area contributed by atoms with E-state index >= 15 is 0 Å². The molecular formula is C25H28N4O2S. The number of ether oxygens (including phenoxy) is 2. The number of aromatic nitrogens is 2. The highest BCUT2D eigenvalue weighted by Crippen LogP contribution is 2.45. The first-order valence-electron chi connectivity index (χ1n) is 11.1. The molecule has 1 saturated carbocycles. The lowest BCUT2D eigenvalue weighted by atomic mass is 9.98. The minimum atomic E-state index is -0.0741. The minimum Gasteiger partial charge on any atom is -0.497 e. The van der Waals surface area contributed by atoms with Gasteiger partial charge in [0.05, 0.1) is 37.7 Å². The van der Waals surface area contributed by atoms with Gasteiger partial charge < -0.3 is 24.3 Å². The largest absolute Gasteiger partial charge is 0.497 e. The van der Waals surface area contributed by atoms with Crippen LogP contribution in [0.25, 0.3) is 0 Å². The Labute approximate surface area is 194 Å². The molecule has 3 heterocycles. The van der Waals surface area contributed by atoms with Crippen molar-refractivity contribution in [3.05, 3.63) is 72.3 Å². The number of methoxy groups -OCH3 is 2. The van der Waals surface area contributed by atoms with Gasteiger partial charge >= 0.3 is 0 Å². The van der Waals surface area contributed by atoms with Crippen LogP contribution in [0, 0.1) is 0 Å². The van der Waals surface area contributed by atoms with Gasteiger partial charge in [-0.05, 0) is 61.0 Å². The van der Waals surface area contributed by atoms with Crippen molar-refractivity contribution in [2.45, 2.75) is 43.8 Å². The van der Waals surface area contributed by atoms with Gasteiger partial charge in [0.25, 0.3) is 0 Å². The summed E-state index contributed by atoms with van der Waals surface area (Å²) in [7, 11) is 3.33. The second-order valence-corrected chi connectivity index (χ2v) is 8.75. The average Bonchev–Trinajstić information content (AvgIpc) is 3.59. The fraction of sp³-hybridized carbons (Fsp3) is 0.360. The predicted molar refractivity (Wildman–Crippen MR) is 129 cm³/mol. The molecule has 1 N–H and O–H groups in total. The predicted octanol–water partition coefficient (Wildman–Crippen LogP) is 5.19. The Kier molecular flexibility index (Phi) is 5.74. The molecule has 0 radical (unpaired) electrons. The lowest BCUT2D eigenvalue weighted by Crippen LogP contribution is -2.29. The summed E-state index contributed by atoms with van der Waals surface area (Å²) in [6.07, 6.45) is 11.4. The highest BCUT2D eigenvalue weighted by Gasteiger charge is 2.42. The number of anilines is 1. The molecule has 1 aromatic carbocycles.